The van der Waals surface area contributed by atoms with E-state index in [0.29, 0.717) is 47.5 Å². The summed E-state index contributed by atoms with van der Waals surface area (Å²) >= 11 is 1.40. The van der Waals surface area contributed by atoms with Crippen molar-refractivity contribution < 1.29 is 23.7 Å². The number of nitrogens with zero attached hydrogens (tertiary/aromatic N) is 1. The predicted molar refractivity (Wildman–Crippen MR) is 113 cm³/mol. The van der Waals surface area contributed by atoms with Gasteiger partial charge >= 0.3 is 0 Å². The Labute approximate surface area is 174 Å². The SMILES string of the molecule is CCOc1ccc(-c2nc(C(=O)c3ccc(OC)c(OC)c3)cs2)cc1OCC. The van der Waals surface area contributed by atoms with E-state index in [1.54, 1.807) is 30.7 Å². The lowest BCUT2D eigenvalue weighted by molar-refractivity contribution is 0.103. The van der Waals surface area contributed by atoms with Crippen molar-refractivity contribution in [2.24, 2.45) is 0 Å². The van der Waals surface area contributed by atoms with Crippen LogP contribution in [0.25, 0.3) is 10.6 Å². The molecule has 0 aliphatic carbocycles. The molecule has 0 aliphatic heterocycles. The molecule has 0 N–H and O–H groups in total. The zero-order valence-electron chi connectivity index (χ0n) is 16.9. The van der Waals surface area contributed by atoms with E-state index in [0.717, 1.165) is 10.6 Å². The van der Waals surface area contributed by atoms with Crippen molar-refractivity contribution in [1.82, 2.24) is 4.98 Å². The van der Waals surface area contributed by atoms with Gasteiger partial charge in [-0.2, -0.15) is 0 Å². The molecule has 0 radical (unpaired) electrons. The quantitative estimate of drug-likeness (QED) is 0.467. The highest BCUT2D eigenvalue weighted by Gasteiger charge is 2.17. The topological polar surface area (TPSA) is 66.9 Å². The molecule has 152 valence electrons. The molecule has 0 saturated carbocycles. The summed E-state index contributed by atoms with van der Waals surface area (Å²) in [5.74, 6) is 2.25. The minimum atomic E-state index is -0.176. The first kappa shape index (κ1) is 20.7. The van der Waals surface area contributed by atoms with Gasteiger partial charge in [0.1, 0.15) is 10.7 Å². The third-order valence-electron chi connectivity index (χ3n) is 4.17. The molecule has 1 heterocycles. The first-order valence-corrected chi connectivity index (χ1v) is 10.1. The van der Waals surface area contributed by atoms with Gasteiger partial charge in [-0.15, -0.1) is 11.3 Å². The number of methoxy groups -OCH3 is 2. The largest absolute Gasteiger partial charge is 0.493 e. The first-order chi connectivity index (χ1) is 14.1. The summed E-state index contributed by atoms with van der Waals surface area (Å²) in [6.45, 7) is 4.94. The molecule has 3 rings (SSSR count). The normalized spacial score (nSPS) is 10.5. The van der Waals surface area contributed by atoms with Crippen molar-refractivity contribution in [1.29, 1.82) is 0 Å². The second kappa shape index (κ2) is 9.43. The zero-order chi connectivity index (χ0) is 20.8. The minimum Gasteiger partial charge on any atom is -0.493 e. The second-order valence-corrected chi connectivity index (χ2v) is 6.82. The van der Waals surface area contributed by atoms with Crippen LogP contribution in [0.15, 0.2) is 41.8 Å². The van der Waals surface area contributed by atoms with Gasteiger partial charge in [-0.3, -0.25) is 4.79 Å². The van der Waals surface area contributed by atoms with Gasteiger partial charge in [0.05, 0.1) is 27.4 Å². The Morgan fingerprint density at radius 2 is 1.59 bits per heavy atom. The van der Waals surface area contributed by atoms with Crippen LogP contribution in [0.5, 0.6) is 23.0 Å². The molecule has 0 spiro atoms. The van der Waals surface area contributed by atoms with Gasteiger partial charge in [-0.05, 0) is 50.2 Å². The Balaban J connectivity index is 1.89. The van der Waals surface area contributed by atoms with Crippen LogP contribution in [0.1, 0.15) is 29.9 Å². The number of carbonyl (C=O) groups is 1. The lowest BCUT2D eigenvalue weighted by atomic mass is 10.1. The molecule has 29 heavy (non-hydrogen) atoms. The average Bonchev–Trinajstić information content (AvgIpc) is 3.24. The Kier molecular flexibility index (Phi) is 6.72. The standard InChI is InChI=1S/C22H23NO5S/c1-5-27-18-10-8-15(12-20(18)28-6-2)22-23-16(13-29-22)21(24)14-7-9-17(25-3)19(11-14)26-4/h7-13H,5-6H2,1-4H3. The molecule has 0 unspecified atom stereocenters. The Morgan fingerprint density at radius 1 is 0.897 bits per heavy atom. The third-order valence-corrected chi connectivity index (χ3v) is 5.06. The van der Waals surface area contributed by atoms with Crippen molar-refractivity contribution in [2.75, 3.05) is 27.4 Å². The van der Waals surface area contributed by atoms with Crippen molar-refractivity contribution in [3.05, 3.63) is 53.0 Å². The fraction of sp³-hybridized carbons (Fsp3) is 0.273. The molecule has 6 nitrogen and oxygen atoms in total. The van der Waals surface area contributed by atoms with E-state index in [-0.39, 0.29) is 5.78 Å². The summed E-state index contributed by atoms with van der Waals surface area (Å²) < 4.78 is 21.8. The number of hydrogen-bond donors (Lipinski definition) is 0. The van der Waals surface area contributed by atoms with Gasteiger partial charge in [0, 0.05) is 16.5 Å². The highest BCUT2D eigenvalue weighted by Crippen LogP contribution is 2.35. The maximum atomic E-state index is 12.9. The summed E-state index contributed by atoms with van der Waals surface area (Å²) in [5, 5.41) is 2.49. The maximum Gasteiger partial charge on any atom is 0.212 e. The van der Waals surface area contributed by atoms with E-state index in [9.17, 15) is 4.79 Å². The zero-order valence-corrected chi connectivity index (χ0v) is 17.7. The molecule has 1 aromatic heterocycles. The van der Waals surface area contributed by atoms with E-state index >= 15 is 0 Å². The average molecular weight is 413 g/mol. The van der Waals surface area contributed by atoms with Crippen LogP contribution in [0.2, 0.25) is 0 Å². The fourth-order valence-electron chi connectivity index (χ4n) is 2.82. The molecule has 0 fully saturated rings. The van der Waals surface area contributed by atoms with Crippen LogP contribution in [-0.4, -0.2) is 38.2 Å². The smallest absolute Gasteiger partial charge is 0.212 e. The van der Waals surface area contributed by atoms with E-state index in [2.05, 4.69) is 4.98 Å². The number of thiazole rings is 1. The molecule has 0 atom stereocenters. The van der Waals surface area contributed by atoms with Gasteiger partial charge in [-0.1, -0.05) is 0 Å². The first-order valence-electron chi connectivity index (χ1n) is 9.23. The minimum absolute atomic E-state index is 0.176. The molecule has 0 bridgehead atoms. The molecule has 0 aliphatic rings. The summed E-state index contributed by atoms with van der Waals surface area (Å²) in [6, 6.07) is 10.7. The predicted octanol–water partition coefficient (Wildman–Crippen LogP) is 4.86. The van der Waals surface area contributed by atoms with Gasteiger partial charge in [-0.25, -0.2) is 4.98 Å². The van der Waals surface area contributed by atoms with Crippen LogP contribution >= 0.6 is 11.3 Å². The van der Waals surface area contributed by atoms with E-state index < -0.39 is 0 Å². The Morgan fingerprint density at radius 3 is 2.28 bits per heavy atom. The lowest BCUT2D eigenvalue weighted by Crippen LogP contribution is -2.03. The number of aromatic nitrogens is 1. The van der Waals surface area contributed by atoms with Gasteiger partial charge < -0.3 is 18.9 Å². The summed E-state index contributed by atoms with van der Waals surface area (Å²) in [5.41, 5.74) is 1.73. The highest BCUT2D eigenvalue weighted by molar-refractivity contribution is 7.13. The maximum absolute atomic E-state index is 12.9. The summed E-state index contributed by atoms with van der Waals surface area (Å²) in [7, 11) is 3.09. The molecule has 7 heteroatoms. The number of ether oxygens (including phenoxy) is 4. The number of rotatable bonds is 9. The molecule has 2 aromatic carbocycles. The Hall–Kier alpha value is -3.06. The fourth-order valence-corrected chi connectivity index (χ4v) is 3.62. The van der Waals surface area contributed by atoms with E-state index in [1.165, 1.54) is 18.4 Å². The van der Waals surface area contributed by atoms with Crippen LogP contribution in [0.3, 0.4) is 0 Å². The number of ketones is 1. The van der Waals surface area contributed by atoms with Crippen LogP contribution in [0, 0.1) is 0 Å². The van der Waals surface area contributed by atoms with Crippen molar-refractivity contribution in [3.8, 4) is 33.6 Å². The molecule has 3 aromatic rings. The molecule has 0 saturated heterocycles. The van der Waals surface area contributed by atoms with Crippen LogP contribution in [-0.2, 0) is 0 Å². The number of hydrogen-bond acceptors (Lipinski definition) is 7. The summed E-state index contributed by atoms with van der Waals surface area (Å²) in [4.78, 5) is 17.4. The van der Waals surface area contributed by atoms with E-state index in [1.807, 2.05) is 32.0 Å². The van der Waals surface area contributed by atoms with Crippen LogP contribution < -0.4 is 18.9 Å². The van der Waals surface area contributed by atoms with Gasteiger partial charge in [0.15, 0.2) is 23.0 Å². The van der Waals surface area contributed by atoms with Gasteiger partial charge in [0.25, 0.3) is 0 Å². The van der Waals surface area contributed by atoms with Gasteiger partial charge in [0.2, 0.25) is 5.78 Å². The summed E-state index contributed by atoms with van der Waals surface area (Å²) in [6.07, 6.45) is 0. The Bertz CT molecular complexity index is 999. The molecule has 0 amide bonds. The van der Waals surface area contributed by atoms with E-state index in [4.69, 9.17) is 18.9 Å². The highest BCUT2D eigenvalue weighted by atomic mass is 32.1. The van der Waals surface area contributed by atoms with Crippen molar-refractivity contribution in [3.63, 3.8) is 0 Å². The monoisotopic (exact) mass is 413 g/mol. The van der Waals surface area contributed by atoms with Crippen LogP contribution in [0.4, 0.5) is 0 Å². The number of carbonyl (C=O) groups excluding carboxylic acids is 1. The molecular formula is C22H23NO5S. The number of benzene rings is 2. The lowest BCUT2D eigenvalue weighted by Gasteiger charge is -2.11. The molecular weight excluding hydrogens is 390 g/mol. The van der Waals surface area contributed by atoms with Crippen molar-refractivity contribution >= 4 is 17.1 Å². The third kappa shape index (κ3) is 4.51. The van der Waals surface area contributed by atoms with Crippen molar-refractivity contribution in [2.45, 2.75) is 13.8 Å². The second-order valence-electron chi connectivity index (χ2n) is 5.96.